The molecular weight excluding hydrogens is 370 g/mol. The van der Waals surface area contributed by atoms with Crippen LogP contribution in [0.1, 0.15) is 62.0 Å². The summed E-state index contributed by atoms with van der Waals surface area (Å²) in [6, 6.07) is 5.24. The number of carbonyl (C=O) groups is 1. The van der Waals surface area contributed by atoms with Crippen LogP contribution in [0.4, 0.5) is 5.82 Å². The Labute approximate surface area is 163 Å². The first-order valence-electron chi connectivity index (χ1n) is 8.89. The van der Waals surface area contributed by atoms with Gasteiger partial charge in [0.25, 0.3) is 5.91 Å². The fourth-order valence-corrected chi connectivity index (χ4v) is 2.61. The van der Waals surface area contributed by atoms with Crippen LogP contribution in [0.15, 0.2) is 27.9 Å². The highest BCUT2D eigenvalue weighted by atomic mass is 35.5. The van der Waals surface area contributed by atoms with Crippen LogP contribution in [0, 0.1) is 0 Å². The van der Waals surface area contributed by atoms with E-state index in [1.165, 1.54) is 25.5 Å². The van der Waals surface area contributed by atoms with E-state index in [1.807, 2.05) is 6.92 Å². The van der Waals surface area contributed by atoms with E-state index in [9.17, 15) is 4.79 Å². The maximum atomic E-state index is 11.9. The smallest absolute Gasteiger partial charge is 0.297 e. The summed E-state index contributed by atoms with van der Waals surface area (Å²) < 4.78 is 10.4. The Bertz CT molecular complexity index is 778. The zero-order chi connectivity index (χ0) is 19.6. The van der Waals surface area contributed by atoms with E-state index < -0.39 is 5.91 Å². The number of nitrogen functional groups attached to an aromatic ring is 1. The Kier molecular flexibility index (Phi) is 8.06. The molecule has 2 aromatic rings. The van der Waals surface area contributed by atoms with Gasteiger partial charge in [-0.1, -0.05) is 37.8 Å². The first kappa shape index (κ1) is 20.7. The molecule has 1 aromatic carbocycles. The van der Waals surface area contributed by atoms with E-state index in [2.05, 4.69) is 32.4 Å². The molecule has 0 spiro atoms. The second-order valence-electron chi connectivity index (χ2n) is 6.16. The number of nitrogens with zero attached hydrogens (tertiary/aromatic N) is 3. The van der Waals surface area contributed by atoms with Crippen molar-refractivity contribution in [2.75, 3.05) is 5.73 Å². The van der Waals surface area contributed by atoms with E-state index in [4.69, 9.17) is 22.1 Å². The molecule has 1 aromatic heterocycles. The lowest BCUT2D eigenvalue weighted by Gasteiger charge is -2.16. The standard InChI is InChI=1S/C18H24ClN5O3/c1-3-4-5-6-7-12(2)26-15-9-8-14(19)10-13(15)11-21-22-18(25)16-17(20)24-27-23-16/h8-12H,3-7H2,1-2H3,(H2,20,24)(H,22,25)/b21-11-/t12-/m0/s1. The number of rotatable bonds is 10. The Hall–Kier alpha value is -2.61. The number of nitrogens with one attached hydrogen (secondary N) is 1. The number of anilines is 1. The van der Waals surface area contributed by atoms with Crippen molar-refractivity contribution in [1.82, 2.24) is 15.7 Å². The summed E-state index contributed by atoms with van der Waals surface area (Å²) in [6.07, 6.45) is 7.23. The third-order valence-corrected chi connectivity index (χ3v) is 4.10. The van der Waals surface area contributed by atoms with Gasteiger partial charge in [-0.25, -0.2) is 10.1 Å². The average Bonchev–Trinajstić information content (AvgIpc) is 3.07. The predicted octanol–water partition coefficient (Wildman–Crippen LogP) is 3.81. The molecule has 0 bridgehead atoms. The van der Waals surface area contributed by atoms with Crippen molar-refractivity contribution in [3.05, 3.63) is 34.5 Å². The van der Waals surface area contributed by atoms with Crippen LogP contribution in [-0.2, 0) is 0 Å². The van der Waals surface area contributed by atoms with Crippen LogP contribution in [0.25, 0.3) is 0 Å². The van der Waals surface area contributed by atoms with Gasteiger partial charge >= 0.3 is 0 Å². The molecule has 1 atom stereocenters. The quantitative estimate of drug-likeness (QED) is 0.360. The van der Waals surface area contributed by atoms with Crippen LogP contribution in [0.2, 0.25) is 5.02 Å². The maximum absolute atomic E-state index is 11.9. The summed E-state index contributed by atoms with van der Waals surface area (Å²) in [4.78, 5) is 11.9. The summed E-state index contributed by atoms with van der Waals surface area (Å²) in [5.41, 5.74) is 8.29. The average molecular weight is 394 g/mol. The second kappa shape index (κ2) is 10.5. The minimum Gasteiger partial charge on any atom is -0.490 e. The summed E-state index contributed by atoms with van der Waals surface area (Å²) in [7, 11) is 0. The predicted molar refractivity (Wildman–Crippen MR) is 104 cm³/mol. The van der Waals surface area contributed by atoms with Gasteiger partial charge in [-0.2, -0.15) is 5.10 Å². The van der Waals surface area contributed by atoms with Gasteiger partial charge in [0.15, 0.2) is 0 Å². The number of amides is 1. The van der Waals surface area contributed by atoms with Gasteiger partial charge < -0.3 is 10.5 Å². The van der Waals surface area contributed by atoms with Gasteiger partial charge in [-0.3, -0.25) is 4.79 Å². The van der Waals surface area contributed by atoms with E-state index in [0.29, 0.717) is 16.3 Å². The van der Waals surface area contributed by atoms with Gasteiger partial charge in [0.05, 0.1) is 12.3 Å². The van der Waals surface area contributed by atoms with Crippen LogP contribution >= 0.6 is 11.6 Å². The molecule has 8 nitrogen and oxygen atoms in total. The van der Waals surface area contributed by atoms with Crippen molar-refractivity contribution >= 4 is 29.5 Å². The number of halogens is 1. The highest BCUT2D eigenvalue weighted by Crippen LogP contribution is 2.23. The molecule has 0 unspecified atom stereocenters. The number of hydrazone groups is 1. The zero-order valence-electron chi connectivity index (χ0n) is 15.4. The molecule has 0 fully saturated rings. The number of unbranched alkanes of at least 4 members (excludes halogenated alkanes) is 3. The number of hydrogen-bond acceptors (Lipinski definition) is 7. The lowest BCUT2D eigenvalue weighted by atomic mass is 10.1. The largest absolute Gasteiger partial charge is 0.490 e. The van der Waals surface area contributed by atoms with Crippen LogP contribution in [0.5, 0.6) is 5.75 Å². The van der Waals surface area contributed by atoms with Gasteiger partial charge in [0.2, 0.25) is 11.5 Å². The minimum atomic E-state index is -0.626. The third kappa shape index (κ3) is 6.56. The first-order chi connectivity index (χ1) is 13.0. The van der Waals surface area contributed by atoms with Gasteiger partial charge in [-0.15, -0.1) is 0 Å². The molecule has 0 saturated carbocycles. The molecule has 3 N–H and O–H groups in total. The van der Waals surface area contributed by atoms with E-state index >= 15 is 0 Å². The molecule has 146 valence electrons. The van der Waals surface area contributed by atoms with Crippen molar-refractivity contribution < 1.29 is 14.2 Å². The molecular formula is C18H24ClN5O3. The SMILES string of the molecule is CCCCCC[C@H](C)Oc1ccc(Cl)cc1/C=N\NC(=O)c1nonc1N. The topological polar surface area (TPSA) is 116 Å². The molecule has 27 heavy (non-hydrogen) atoms. The minimum absolute atomic E-state index is 0.0609. The number of carbonyl (C=O) groups excluding carboxylic acids is 1. The summed E-state index contributed by atoms with van der Waals surface area (Å²) in [5, 5.41) is 11.2. The Morgan fingerprint density at radius 1 is 1.41 bits per heavy atom. The van der Waals surface area contributed by atoms with Crippen molar-refractivity contribution in [3.8, 4) is 5.75 Å². The Balaban J connectivity index is 1.98. The van der Waals surface area contributed by atoms with Crippen LogP contribution < -0.4 is 15.9 Å². The van der Waals surface area contributed by atoms with Gasteiger partial charge in [0.1, 0.15) is 5.75 Å². The number of benzene rings is 1. The highest BCUT2D eigenvalue weighted by Gasteiger charge is 2.15. The number of hydrogen-bond donors (Lipinski definition) is 2. The third-order valence-electron chi connectivity index (χ3n) is 3.86. The van der Waals surface area contributed by atoms with E-state index in [-0.39, 0.29) is 17.6 Å². The highest BCUT2D eigenvalue weighted by molar-refractivity contribution is 6.30. The Morgan fingerprint density at radius 2 is 2.22 bits per heavy atom. The molecule has 0 saturated heterocycles. The molecule has 1 amide bonds. The number of ether oxygens (including phenoxy) is 1. The summed E-state index contributed by atoms with van der Waals surface area (Å²) in [6.45, 7) is 4.22. The normalized spacial score (nSPS) is 12.3. The fourth-order valence-electron chi connectivity index (χ4n) is 2.43. The molecule has 0 aliphatic carbocycles. The monoisotopic (exact) mass is 393 g/mol. The van der Waals surface area contributed by atoms with Crippen molar-refractivity contribution in [3.63, 3.8) is 0 Å². The maximum Gasteiger partial charge on any atom is 0.297 e. The number of aromatic nitrogens is 2. The molecule has 2 rings (SSSR count). The molecule has 1 heterocycles. The van der Waals surface area contributed by atoms with Crippen molar-refractivity contribution in [1.29, 1.82) is 0 Å². The van der Waals surface area contributed by atoms with E-state index in [1.54, 1.807) is 18.2 Å². The lowest BCUT2D eigenvalue weighted by Crippen LogP contribution is -2.19. The van der Waals surface area contributed by atoms with Gasteiger partial charge in [0, 0.05) is 10.6 Å². The molecule has 0 aliphatic rings. The number of nitrogens with two attached hydrogens (primary N) is 1. The van der Waals surface area contributed by atoms with Crippen molar-refractivity contribution in [2.45, 2.75) is 52.1 Å². The summed E-state index contributed by atoms with van der Waals surface area (Å²) in [5.74, 6) is -0.0897. The van der Waals surface area contributed by atoms with Crippen LogP contribution in [-0.4, -0.2) is 28.5 Å². The first-order valence-corrected chi connectivity index (χ1v) is 9.26. The fraction of sp³-hybridized carbons (Fsp3) is 0.444. The van der Waals surface area contributed by atoms with Gasteiger partial charge in [-0.05, 0) is 48.3 Å². The Morgan fingerprint density at radius 3 is 2.93 bits per heavy atom. The lowest BCUT2D eigenvalue weighted by molar-refractivity contribution is 0.0946. The molecule has 0 aliphatic heterocycles. The zero-order valence-corrected chi connectivity index (χ0v) is 16.2. The van der Waals surface area contributed by atoms with Crippen molar-refractivity contribution in [2.24, 2.45) is 5.10 Å². The molecule has 0 radical (unpaired) electrons. The summed E-state index contributed by atoms with van der Waals surface area (Å²) >= 11 is 6.06. The van der Waals surface area contributed by atoms with Crippen LogP contribution in [0.3, 0.4) is 0 Å². The van der Waals surface area contributed by atoms with E-state index in [0.717, 1.165) is 12.8 Å². The molecule has 9 heteroatoms. The second-order valence-corrected chi connectivity index (χ2v) is 6.59.